The lowest BCUT2D eigenvalue weighted by Gasteiger charge is -2.33. The molecule has 2 rings (SSSR count). The molecule has 130 valence electrons. The van der Waals surface area contributed by atoms with E-state index >= 15 is 0 Å². The molecule has 0 aromatic carbocycles. The first-order valence-corrected chi connectivity index (χ1v) is 9.14. The van der Waals surface area contributed by atoms with Crippen LogP contribution in [0.4, 0.5) is 5.95 Å². The summed E-state index contributed by atoms with van der Waals surface area (Å²) in [4.78, 5) is 9.41. The van der Waals surface area contributed by atoms with E-state index in [4.69, 9.17) is 9.72 Å². The Kier molecular flexibility index (Phi) is 6.01. The molecule has 2 heterocycles. The average molecular weight is 319 g/mol. The summed E-state index contributed by atoms with van der Waals surface area (Å²) in [6.07, 6.45) is 6.67. The monoisotopic (exact) mass is 319 g/mol. The van der Waals surface area contributed by atoms with Gasteiger partial charge in [-0.05, 0) is 43.1 Å². The predicted molar refractivity (Wildman–Crippen MR) is 95.9 cm³/mol. The van der Waals surface area contributed by atoms with Crippen LogP contribution < -0.4 is 5.32 Å². The van der Waals surface area contributed by atoms with Gasteiger partial charge >= 0.3 is 0 Å². The molecule has 0 bridgehead atoms. The number of rotatable bonds is 7. The Morgan fingerprint density at radius 3 is 2.65 bits per heavy atom. The molecule has 1 saturated heterocycles. The molecule has 3 atom stereocenters. The molecule has 1 aromatic rings. The van der Waals surface area contributed by atoms with Crippen LogP contribution in [0.2, 0.25) is 0 Å². The molecule has 0 spiro atoms. The minimum absolute atomic E-state index is 0.0960. The maximum absolute atomic E-state index is 5.75. The third kappa shape index (κ3) is 4.03. The Bertz CT molecular complexity index is 509. The normalized spacial score (nSPS) is 21.2. The number of ether oxygens (including phenoxy) is 1. The van der Waals surface area contributed by atoms with E-state index in [1.807, 2.05) is 6.20 Å². The van der Waals surface area contributed by atoms with Crippen LogP contribution in [0.15, 0.2) is 6.20 Å². The Morgan fingerprint density at radius 2 is 2.09 bits per heavy atom. The lowest BCUT2D eigenvalue weighted by Crippen LogP contribution is -2.32. The van der Waals surface area contributed by atoms with Gasteiger partial charge < -0.3 is 10.1 Å². The van der Waals surface area contributed by atoms with Gasteiger partial charge in [0.05, 0.1) is 12.1 Å². The fourth-order valence-corrected chi connectivity index (χ4v) is 3.36. The van der Waals surface area contributed by atoms with Crippen LogP contribution in [0.3, 0.4) is 0 Å². The standard InChI is InChI=1S/C19H33N3O/c1-7-13(3)19(5,6)15-12-20-18(22-16(15)8-2)21-14(4)17-10-9-11-23-17/h12-14,17H,7-11H2,1-6H3,(H,20,21,22). The van der Waals surface area contributed by atoms with E-state index < -0.39 is 0 Å². The molecule has 0 amide bonds. The number of nitrogens with one attached hydrogen (secondary N) is 1. The van der Waals surface area contributed by atoms with Gasteiger partial charge in [-0.3, -0.25) is 0 Å². The van der Waals surface area contributed by atoms with Crippen molar-refractivity contribution in [1.82, 2.24) is 9.97 Å². The molecule has 0 aliphatic carbocycles. The van der Waals surface area contributed by atoms with Gasteiger partial charge in [-0.15, -0.1) is 0 Å². The van der Waals surface area contributed by atoms with E-state index in [1.54, 1.807) is 0 Å². The Balaban J connectivity index is 2.18. The highest BCUT2D eigenvalue weighted by Crippen LogP contribution is 2.35. The average Bonchev–Trinajstić information content (AvgIpc) is 3.08. The van der Waals surface area contributed by atoms with E-state index in [2.05, 4.69) is 51.8 Å². The van der Waals surface area contributed by atoms with Crippen molar-refractivity contribution in [2.45, 2.75) is 84.8 Å². The number of nitrogens with zero attached hydrogens (tertiary/aromatic N) is 2. The van der Waals surface area contributed by atoms with Gasteiger partial charge in [0, 0.05) is 18.5 Å². The van der Waals surface area contributed by atoms with Crippen LogP contribution in [0.25, 0.3) is 0 Å². The van der Waals surface area contributed by atoms with Gasteiger partial charge in [-0.1, -0.05) is 41.0 Å². The summed E-state index contributed by atoms with van der Waals surface area (Å²) in [6.45, 7) is 14.4. The third-order valence-electron chi connectivity index (χ3n) is 5.62. The zero-order valence-corrected chi connectivity index (χ0v) is 15.6. The van der Waals surface area contributed by atoms with Crippen molar-refractivity contribution < 1.29 is 4.74 Å². The van der Waals surface area contributed by atoms with E-state index in [0.29, 0.717) is 5.92 Å². The van der Waals surface area contributed by atoms with Crippen LogP contribution in [0.5, 0.6) is 0 Å². The van der Waals surface area contributed by atoms with Gasteiger partial charge in [0.15, 0.2) is 0 Å². The lowest BCUT2D eigenvalue weighted by molar-refractivity contribution is 0.0994. The molecule has 1 aliphatic heterocycles. The van der Waals surface area contributed by atoms with Crippen molar-refractivity contribution in [3.8, 4) is 0 Å². The molecule has 23 heavy (non-hydrogen) atoms. The summed E-state index contributed by atoms with van der Waals surface area (Å²) in [7, 11) is 0. The second-order valence-corrected chi connectivity index (χ2v) is 7.42. The summed E-state index contributed by atoms with van der Waals surface area (Å²) in [5.41, 5.74) is 2.54. The van der Waals surface area contributed by atoms with Gasteiger partial charge in [0.25, 0.3) is 0 Å². The van der Waals surface area contributed by atoms with Crippen LogP contribution in [-0.2, 0) is 16.6 Å². The highest BCUT2D eigenvalue weighted by atomic mass is 16.5. The molecule has 1 aromatic heterocycles. The van der Waals surface area contributed by atoms with E-state index in [-0.39, 0.29) is 17.6 Å². The molecule has 1 N–H and O–H groups in total. The van der Waals surface area contributed by atoms with Crippen molar-refractivity contribution in [3.63, 3.8) is 0 Å². The summed E-state index contributed by atoms with van der Waals surface area (Å²) in [5.74, 6) is 1.33. The number of hydrogen-bond acceptors (Lipinski definition) is 4. The fourth-order valence-electron chi connectivity index (χ4n) is 3.36. The molecular formula is C19H33N3O. The summed E-state index contributed by atoms with van der Waals surface area (Å²) in [5, 5.41) is 3.43. The van der Waals surface area contributed by atoms with Gasteiger partial charge in [0.1, 0.15) is 0 Å². The van der Waals surface area contributed by atoms with Crippen molar-refractivity contribution in [1.29, 1.82) is 0 Å². The zero-order valence-electron chi connectivity index (χ0n) is 15.6. The van der Waals surface area contributed by atoms with Crippen LogP contribution >= 0.6 is 0 Å². The molecule has 1 aliphatic rings. The first kappa shape index (κ1) is 18.2. The quantitative estimate of drug-likeness (QED) is 0.812. The second kappa shape index (κ2) is 7.61. The third-order valence-corrected chi connectivity index (χ3v) is 5.62. The number of aromatic nitrogens is 2. The van der Waals surface area contributed by atoms with Gasteiger partial charge in [0.2, 0.25) is 5.95 Å². The van der Waals surface area contributed by atoms with Crippen LogP contribution in [0.1, 0.15) is 72.1 Å². The number of anilines is 1. The number of hydrogen-bond donors (Lipinski definition) is 1. The maximum atomic E-state index is 5.75. The Labute approximate surface area is 141 Å². The molecule has 4 heteroatoms. The van der Waals surface area contributed by atoms with E-state index in [1.165, 1.54) is 5.56 Å². The van der Waals surface area contributed by atoms with Crippen molar-refractivity contribution in [3.05, 3.63) is 17.5 Å². The molecule has 3 unspecified atom stereocenters. The maximum Gasteiger partial charge on any atom is 0.223 e. The van der Waals surface area contributed by atoms with Crippen LogP contribution in [-0.4, -0.2) is 28.7 Å². The zero-order chi connectivity index (χ0) is 17.0. The SMILES string of the molecule is CCc1nc(NC(C)C2CCCO2)ncc1C(C)(C)C(C)CC. The molecule has 0 saturated carbocycles. The lowest BCUT2D eigenvalue weighted by atomic mass is 9.73. The largest absolute Gasteiger partial charge is 0.376 e. The number of aryl methyl sites for hydroxylation is 1. The predicted octanol–water partition coefficient (Wildman–Crippen LogP) is 4.34. The van der Waals surface area contributed by atoms with Crippen molar-refractivity contribution in [2.75, 3.05) is 11.9 Å². The summed E-state index contributed by atoms with van der Waals surface area (Å²) in [6, 6.07) is 0.246. The first-order valence-electron chi connectivity index (χ1n) is 9.14. The topological polar surface area (TPSA) is 47.0 Å². The highest BCUT2D eigenvalue weighted by Gasteiger charge is 2.30. The van der Waals surface area contributed by atoms with Gasteiger partial charge in [-0.25, -0.2) is 9.97 Å². The second-order valence-electron chi connectivity index (χ2n) is 7.42. The minimum atomic E-state index is 0.0960. The molecule has 0 radical (unpaired) electrons. The van der Waals surface area contributed by atoms with E-state index in [0.717, 1.165) is 43.9 Å². The highest BCUT2D eigenvalue weighted by molar-refractivity contribution is 5.35. The van der Waals surface area contributed by atoms with Gasteiger partial charge in [-0.2, -0.15) is 0 Å². The van der Waals surface area contributed by atoms with Crippen molar-refractivity contribution in [2.24, 2.45) is 5.92 Å². The first-order chi connectivity index (χ1) is 10.9. The molecule has 1 fully saturated rings. The molecule has 4 nitrogen and oxygen atoms in total. The summed E-state index contributed by atoms with van der Waals surface area (Å²) >= 11 is 0. The molecular weight excluding hydrogens is 286 g/mol. The smallest absolute Gasteiger partial charge is 0.223 e. The van der Waals surface area contributed by atoms with E-state index in [9.17, 15) is 0 Å². The fraction of sp³-hybridized carbons (Fsp3) is 0.789. The minimum Gasteiger partial charge on any atom is -0.376 e. The Morgan fingerprint density at radius 1 is 1.35 bits per heavy atom. The van der Waals surface area contributed by atoms with Crippen molar-refractivity contribution >= 4 is 5.95 Å². The summed E-state index contributed by atoms with van der Waals surface area (Å²) < 4.78 is 5.75. The van der Waals surface area contributed by atoms with Crippen LogP contribution in [0, 0.1) is 5.92 Å². The Hall–Kier alpha value is -1.16.